The predicted molar refractivity (Wildman–Crippen MR) is 93.4 cm³/mol. The molecule has 5 nitrogen and oxygen atoms in total. The third-order valence-corrected chi connectivity index (χ3v) is 5.15. The molecule has 23 heavy (non-hydrogen) atoms. The van der Waals surface area contributed by atoms with Crippen molar-refractivity contribution in [2.24, 2.45) is 11.1 Å². The van der Waals surface area contributed by atoms with Gasteiger partial charge in [0.05, 0.1) is 0 Å². The van der Waals surface area contributed by atoms with Gasteiger partial charge >= 0.3 is 6.09 Å². The molecule has 2 unspecified atom stereocenters. The lowest BCUT2D eigenvalue weighted by Crippen LogP contribution is -2.49. The molecular formula is C18H35N3O2. The summed E-state index contributed by atoms with van der Waals surface area (Å²) in [6.45, 7) is 10.7. The lowest BCUT2D eigenvalue weighted by atomic mass is 9.79. The molecule has 2 aliphatic rings. The molecule has 0 aromatic carbocycles. The molecule has 0 spiro atoms. The fourth-order valence-corrected chi connectivity index (χ4v) is 3.54. The number of likely N-dealkylation sites (tertiary alicyclic amines) is 1. The summed E-state index contributed by atoms with van der Waals surface area (Å²) in [6.07, 6.45) is 6.62. The summed E-state index contributed by atoms with van der Waals surface area (Å²) >= 11 is 0. The largest absolute Gasteiger partial charge is 0.444 e. The Morgan fingerprint density at radius 1 is 1.30 bits per heavy atom. The molecule has 1 heterocycles. The average Bonchev–Trinajstić information content (AvgIpc) is 2.44. The second kappa shape index (κ2) is 7.39. The van der Waals surface area contributed by atoms with E-state index in [-0.39, 0.29) is 11.5 Å². The molecule has 2 rings (SSSR count). The molecule has 5 heteroatoms. The number of carbonyl (C=O) groups is 1. The molecular weight excluding hydrogens is 290 g/mol. The third-order valence-electron chi connectivity index (χ3n) is 5.15. The molecule has 1 aliphatic heterocycles. The van der Waals surface area contributed by atoms with Gasteiger partial charge in [-0.2, -0.15) is 0 Å². The maximum Gasteiger partial charge on any atom is 0.410 e. The van der Waals surface area contributed by atoms with Crippen LogP contribution < -0.4 is 11.1 Å². The van der Waals surface area contributed by atoms with Crippen molar-refractivity contribution >= 4 is 6.09 Å². The van der Waals surface area contributed by atoms with Crippen molar-refractivity contribution in [1.29, 1.82) is 0 Å². The molecule has 3 N–H and O–H groups in total. The number of ether oxygens (including phenoxy) is 1. The Kier molecular flexibility index (Phi) is 5.95. The van der Waals surface area contributed by atoms with E-state index in [0.29, 0.717) is 12.1 Å². The lowest BCUT2D eigenvalue weighted by molar-refractivity contribution is 0.0116. The molecule has 2 atom stereocenters. The van der Waals surface area contributed by atoms with Crippen molar-refractivity contribution in [3.05, 3.63) is 0 Å². The van der Waals surface area contributed by atoms with Gasteiger partial charge in [-0.3, -0.25) is 0 Å². The number of nitrogens with zero attached hydrogens (tertiary/aromatic N) is 1. The van der Waals surface area contributed by atoms with Crippen LogP contribution in [0.1, 0.15) is 66.2 Å². The standard InChI is InChI=1S/C18H35N3O2/c1-17(2,3)23-16(22)21-10-8-18(4,9-11-21)13-20-15-7-5-6-14(19)12-15/h14-15,20H,5-13,19H2,1-4H3. The van der Waals surface area contributed by atoms with Gasteiger partial charge in [-0.25, -0.2) is 4.79 Å². The van der Waals surface area contributed by atoms with Crippen molar-refractivity contribution in [2.45, 2.75) is 83.9 Å². The second-order valence-electron chi connectivity index (χ2n) is 8.78. The van der Waals surface area contributed by atoms with Gasteiger partial charge in [0.2, 0.25) is 0 Å². The summed E-state index contributed by atoms with van der Waals surface area (Å²) in [5.74, 6) is 0. The molecule has 0 aromatic rings. The van der Waals surface area contributed by atoms with Crippen LogP contribution >= 0.6 is 0 Å². The maximum absolute atomic E-state index is 12.1. The van der Waals surface area contributed by atoms with E-state index in [1.807, 2.05) is 25.7 Å². The van der Waals surface area contributed by atoms with Gasteiger partial charge in [-0.05, 0) is 58.3 Å². The molecule has 134 valence electrons. The highest BCUT2D eigenvalue weighted by atomic mass is 16.6. The zero-order chi connectivity index (χ0) is 17.1. The molecule has 0 radical (unpaired) electrons. The number of hydrogen-bond donors (Lipinski definition) is 2. The SMILES string of the molecule is CC1(CNC2CCCC(N)C2)CCN(C(=O)OC(C)(C)C)CC1. The molecule has 1 saturated heterocycles. The topological polar surface area (TPSA) is 67.6 Å². The summed E-state index contributed by atoms with van der Waals surface area (Å²) in [6, 6.07) is 0.933. The zero-order valence-corrected chi connectivity index (χ0v) is 15.4. The van der Waals surface area contributed by atoms with E-state index in [1.165, 1.54) is 19.3 Å². The van der Waals surface area contributed by atoms with Crippen molar-refractivity contribution in [2.75, 3.05) is 19.6 Å². The Hall–Kier alpha value is -0.810. The van der Waals surface area contributed by atoms with Gasteiger partial charge in [-0.15, -0.1) is 0 Å². The van der Waals surface area contributed by atoms with Crippen molar-refractivity contribution in [3.63, 3.8) is 0 Å². The van der Waals surface area contributed by atoms with E-state index < -0.39 is 5.60 Å². The summed E-state index contributed by atoms with van der Waals surface area (Å²) in [4.78, 5) is 14.0. The normalized spacial score (nSPS) is 28.5. The van der Waals surface area contributed by atoms with Crippen LogP contribution in [0.25, 0.3) is 0 Å². The second-order valence-corrected chi connectivity index (χ2v) is 8.78. The Morgan fingerprint density at radius 3 is 2.52 bits per heavy atom. The molecule has 0 bridgehead atoms. The van der Waals surface area contributed by atoms with E-state index >= 15 is 0 Å². The van der Waals surface area contributed by atoms with E-state index in [0.717, 1.165) is 38.9 Å². The molecule has 1 aliphatic carbocycles. The molecule has 2 fully saturated rings. The van der Waals surface area contributed by atoms with Gasteiger partial charge in [0.25, 0.3) is 0 Å². The van der Waals surface area contributed by atoms with Gasteiger partial charge in [0.1, 0.15) is 5.60 Å². The first-order valence-electron chi connectivity index (χ1n) is 9.14. The minimum atomic E-state index is -0.418. The van der Waals surface area contributed by atoms with Crippen LogP contribution in [0, 0.1) is 5.41 Å². The Balaban J connectivity index is 1.75. The number of piperidine rings is 1. The van der Waals surface area contributed by atoms with Crippen LogP contribution in [0.3, 0.4) is 0 Å². The number of amides is 1. The predicted octanol–water partition coefficient (Wildman–Crippen LogP) is 2.88. The Labute approximate surface area is 141 Å². The first-order chi connectivity index (χ1) is 10.7. The van der Waals surface area contributed by atoms with Gasteiger partial charge < -0.3 is 20.7 Å². The van der Waals surface area contributed by atoms with Crippen LogP contribution in [0.4, 0.5) is 4.79 Å². The minimum absolute atomic E-state index is 0.175. The van der Waals surface area contributed by atoms with Gasteiger partial charge in [-0.1, -0.05) is 13.3 Å². The Morgan fingerprint density at radius 2 is 1.96 bits per heavy atom. The third kappa shape index (κ3) is 5.96. The highest BCUT2D eigenvalue weighted by molar-refractivity contribution is 5.68. The maximum atomic E-state index is 12.1. The number of carbonyl (C=O) groups excluding carboxylic acids is 1. The first-order valence-corrected chi connectivity index (χ1v) is 9.14. The summed E-state index contributed by atoms with van der Waals surface area (Å²) < 4.78 is 5.47. The van der Waals surface area contributed by atoms with Crippen molar-refractivity contribution < 1.29 is 9.53 Å². The fraction of sp³-hybridized carbons (Fsp3) is 0.944. The van der Waals surface area contributed by atoms with Crippen LogP contribution in [0.5, 0.6) is 0 Å². The van der Waals surface area contributed by atoms with E-state index in [9.17, 15) is 4.79 Å². The fourth-order valence-electron chi connectivity index (χ4n) is 3.54. The van der Waals surface area contributed by atoms with Crippen molar-refractivity contribution in [3.8, 4) is 0 Å². The monoisotopic (exact) mass is 325 g/mol. The number of hydrogen-bond acceptors (Lipinski definition) is 4. The summed E-state index contributed by atoms with van der Waals surface area (Å²) in [5.41, 5.74) is 5.92. The number of nitrogens with two attached hydrogens (primary N) is 1. The van der Waals surface area contributed by atoms with E-state index in [4.69, 9.17) is 10.5 Å². The summed E-state index contributed by atoms with van der Waals surface area (Å²) in [7, 11) is 0. The van der Waals surface area contributed by atoms with Gasteiger partial charge in [0.15, 0.2) is 0 Å². The first kappa shape index (κ1) is 18.5. The summed E-state index contributed by atoms with van der Waals surface area (Å²) in [5, 5.41) is 3.73. The quantitative estimate of drug-likeness (QED) is 0.837. The van der Waals surface area contributed by atoms with Crippen LogP contribution in [0.2, 0.25) is 0 Å². The zero-order valence-electron chi connectivity index (χ0n) is 15.4. The highest BCUT2D eigenvalue weighted by Crippen LogP contribution is 2.31. The van der Waals surface area contributed by atoms with Crippen LogP contribution in [0.15, 0.2) is 0 Å². The van der Waals surface area contributed by atoms with E-state index in [2.05, 4.69) is 12.2 Å². The highest BCUT2D eigenvalue weighted by Gasteiger charge is 2.34. The Bertz CT molecular complexity index is 398. The van der Waals surface area contributed by atoms with E-state index in [1.54, 1.807) is 0 Å². The molecule has 0 aromatic heterocycles. The van der Waals surface area contributed by atoms with Crippen LogP contribution in [-0.4, -0.2) is 48.3 Å². The smallest absolute Gasteiger partial charge is 0.410 e. The average molecular weight is 325 g/mol. The number of rotatable bonds is 3. The molecule has 1 saturated carbocycles. The minimum Gasteiger partial charge on any atom is -0.444 e. The van der Waals surface area contributed by atoms with Gasteiger partial charge in [0, 0.05) is 31.7 Å². The number of nitrogens with one attached hydrogen (secondary N) is 1. The molecule has 1 amide bonds. The lowest BCUT2D eigenvalue weighted by Gasteiger charge is -2.41. The van der Waals surface area contributed by atoms with Crippen molar-refractivity contribution in [1.82, 2.24) is 10.2 Å². The van der Waals surface area contributed by atoms with Crippen LogP contribution in [-0.2, 0) is 4.74 Å².